The van der Waals surface area contributed by atoms with E-state index in [4.69, 9.17) is 27.9 Å². The van der Waals surface area contributed by atoms with Crippen LogP contribution in [0.3, 0.4) is 0 Å². The van der Waals surface area contributed by atoms with Crippen molar-refractivity contribution in [2.24, 2.45) is 0 Å². The van der Waals surface area contributed by atoms with Crippen LogP contribution in [0.1, 0.15) is 30.9 Å². The molecule has 0 aliphatic heterocycles. The summed E-state index contributed by atoms with van der Waals surface area (Å²) >= 11 is 11.9. The van der Waals surface area contributed by atoms with Gasteiger partial charge < -0.3 is 4.74 Å². The van der Waals surface area contributed by atoms with Gasteiger partial charge >= 0.3 is 0 Å². The Morgan fingerprint density at radius 3 is 2.42 bits per heavy atom. The zero-order chi connectivity index (χ0) is 17.9. The lowest BCUT2D eigenvalue weighted by atomic mass is 10.0. The van der Waals surface area contributed by atoms with E-state index in [1.54, 1.807) is 30.3 Å². The summed E-state index contributed by atoms with van der Waals surface area (Å²) in [6.45, 7) is 4.06. The molecular weight excluding hydrogens is 369 g/mol. The average molecular weight is 388 g/mol. The van der Waals surface area contributed by atoms with Gasteiger partial charge in [0.25, 0.3) is 0 Å². The molecule has 0 aliphatic carbocycles. The summed E-state index contributed by atoms with van der Waals surface area (Å²) < 4.78 is 33.1. The maximum Gasteiger partial charge on any atom is 0.244 e. The van der Waals surface area contributed by atoms with Crippen LogP contribution in [-0.4, -0.2) is 15.5 Å². The Kier molecular flexibility index (Phi) is 6.15. The highest BCUT2D eigenvalue weighted by molar-refractivity contribution is 7.89. The van der Waals surface area contributed by atoms with E-state index in [9.17, 15) is 8.42 Å². The van der Waals surface area contributed by atoms with Gasteiger partial charge in [-0.1, -0.05) is 49.2 Å². The topological polar surface area (TPSA) is 55.4 Å². The SMILES string of the molecule is COc1ccc(C(C)C)cc1S(=O)(=O)NCc1ccc(Cl)cc1Cl. The van der Waals surface area contributed by atoms with E-state index in [2.05, 4.69) is 4.72 Å². The Hall–Kier alpha value is -1.27. The first-order chi connectivity index (χ1) is 11.2. The third-order valence-corrected chi connectivity index (χ3v) is 5.62. The van der Waals surface area contributed by atoms with Crippen LogP contribution in [0.15, 0.2) is 41.3 Å². The van der Waals surface area contributed by atoms with E-state index in [-0.39, 0.29) is 17.4 Å². The van der Waals surface area contributed by atoms with Gasteiger partial charge in [-0.05, 0) is 41.3 Å². The van der Waals surface area contributed by atoms with Gasteiger partial charge in [-0.3, -0.25) is 0 Å². The first-order valence-electron chi connectivity index (χ1n) is 7.36. The smallest absolute Gasteiger partial charge is 0.244 e. The summed E-state index contributed by atoms with van der Waals surface area (Å²) in [6.07, 6.45) is 0. The van der Waals surface area contributed by atoms with Crippen molar-refractivity contribution >= 4 is 33.2 Å². The van der Waals surface area contributed by atoms with Gasteiger partial charge in [0.05, 0.1) is 7.11 Å². The molecule has 0 aromatic heterocycles. The van der Waals surface area contributed by atoms with Gasteiger partial charge in [0, 0.05) is 16.6 Å². The van der Waals surface area contributed by atoms with E-state index in [0.717, 1.165) is 5.56 Å². The molecule has 130 valence electrons. The minimum atomic E-state index is -3.75. The lowest BCUT2D eigenvalue weighted by Gasteiger charge is -2.14. The van der Waals surface area contributed by atoms with Gasteiger partial charge in [-0.15, -0.1) is 0 Å². The number of hydrogen-bond donors (Lipinski definition) is 1. The number of ether oxygens (including phenoxy) is 1. The number of sulfonamides is 1. The number of rotatable bonds is 6. The lowest BCUT2D eigenvalue weighted by molar-refractivity contribution is 0.402. The number of halogens is 2. The molecule has 2 rings (SSSR count). The van der Waals surface area contributed by atoms with Crippen LogP contribution in [0.5, 0.6) is 5.75 Å². The van der Waals surface area contributed by atoms with Crippen molar-refractivity contribution in [2.45, 2.75) is 31.2 Å². The first kappa shape index (κ1) is 19.1. The second-order valence-electron chi connectivity index (χ2n) is 5.63. The molecule has 0 saturated heterocycles. The number of hydrogen-bond acceptors (Lipinski definition) is 3. The van der Waals surface area contributed by atoms with Gasteiger partial charge in [-0.2, -0.15) is 0 Å². The molecule has 4 nitrogen and oxygen atoms in total. The van der Waals surface area contributed by atoms with Crippen molar-refractivity contribution in [1.29, 1.82) is 0 Å². The molecule has 24 heavy (non-hydrogen) atoms. The lowest BCUT2D eigenvalue weighted by Crippen LogP contribution is -2.24. The van der Waals surface area contributed by atoms with E-state index < -0.39 is 10.0 Å². The molecule has 0 radical (unpaired) electrons. The molecule has 0 saturated carbocycles. The third-order valence-electron chi connectivity index (χ3n) is 3.61. The van der Waals surface area contributed by atoms with Gasteiger partial charge in [-0.25, -0.2) is 13.1 Å². The molecule has 2 aromatic carbocycles. The van der Waals surface area contributed by atoms with Crippen molar-refractivity contribution in [2.75, 3.05) is 7.11 Å². The highest BCUT2D eigenvalue weighted by Crippen LogP contribution is 2.28. The molecule has 0 aliphatic rings. The predicted molar refractivity (Wildman–Crippen MR) is 97.6 cm³/mol. The standard InChI is InChI=1S/C17H19Cl2NO3S/c1-11(2)12-5-7-16(23-3)17(8-12)24(21,22)20-10-13-4-6-14(18)9-15(13)19/h4-9,11,20H,10H2,1-3H3. The molecule has 0 spiro atoms. The van der Waals surface area contributed by atoms with E-state index >= 15 is 0 Å². The molecule has 1 N–H and O–H groups in total. The predicted octanol–water partition coefficient (Wildman–Crippen LogP) is 4.60. The zero-order valence-electron chi connectivity index (χ0n) is 13.6. The second kappa shape index (κ2) is 7.74. The van der Waals surface area contributed by atoms with Crippen LogP contribution in [-0.2, 0) is 16.6 Å². The summed E-state index contributed by atoms with van der Waals surface area (Å²) in [5.41, 5.74) is 1.56. The molecular formula is C17H19Cl2NO3S. The van der Waals surface area contributed by atoms with Crippen molar-refractivity contribution in [3.05, 3.63) is 57.6 Å². The largest absolute Gasteiger partial charge is 0.495 e. The Bertz CT molecular complexity index is 836. The maximum atomic E-state index is 12.7. The molecule has 0 atom stereocenters. The highest BCUT2D eigenvalue weighted by atomic mass is 35.5. The minimum absolute atomic E-state index is 0.0629. The van der Waals surface area contributed by atoms with Crippen LogP contribution >= 0.6 is 23.2 Å². The van der Waals surface area contributed by atoms with Crippen LogP contribution < -0.4 is 9.46 Å². The summed E-state index contributed by atoms with van der Waals surface area (Å²) in [5, 5.41) is 0.908. The molecule has 7 heteroatoms. The van der Waals surface area contributed by atoms with Crippen LogP contribution in [0.2, 0.25) is 10.0 Å². The van der Waals surface area contributed by atoms with E-state index in [0.29, 0.717) is 21.4 Å². The maximum absolute atomic E-state index is 12.7. The fraction of sp³-hybridized carbons (Fsp3) is 0.294. The Morgan fingerprint density at radius 1 is 1.12 bits per heavy atom. The number of benzene rings is 2. The molecule has 0 unspecified atom stereocenters. The quantitative estimate of drug-likeness (QED) is 0.787. The highest BCUT2D eigenvalue weighted by Gasteiger charge is 2.21. The van der Waals surface area contributed by atoms with Gasteiger partial charge in [0.15, 0.2) is 0 Å². The van der Waals surface area contributed by atoms with Crippen molar-refractivity contribution in [3.8, 4) is 5.75 Å². The Balaban J connectivity index is 2.31. The van der Waals surface area contributed by atoms with Gasteiger partial charge in [0.1, 0.15) is 10.6 Å². The van der Waals surface area contributed by atoms with E-state index in [1.165, 1.54) is 7.11 Å². The van der Waals surface area contributed by atoms with Crippen molar-refractivity contribution in [1.82, 2.24) is 4.72 Å². The number of methoxy groups -OCH3 is 1. The normalized spacial score (nSPS) is 11.8. The fourth-order valence-corrected chi connectivity index (χ4v) is 3.86. The summed E-state index contributed by atoms with van der Waals surface area (Å²) in [6, 6.07) is 10.1. The van der Waals surface area contributed by atoms with Gasteiger partial charge in [0.2, 0.25) is 10.0 Å². The minimum Gasteiger partial charge on any atom is -0.495 e. The Labute approximate surface area is 152 Å². The van der Waals surface area contributed by atoms with E-state index in [1.807, 2.05) is 19.9 Å². The van der Waals surface area contributed by atoms with Crippen LogP contribution in [0.25, 0.3) is 0 Å². The third kappa shape index (κ3) is 4.42. The van der Waals surface area contributed by atoms with Crippen molar-refractivity contribution < 1.29 is 13.2 Å². The molecule has 0 amide bonds. The zero-order valence-corrected chi connectivity index (χ0v) is 16.0. The van der Waals surface area contributed by atoms with Crippen molar-refractivity contribution in [3.63, 3.8) is 0 Å². The second-order valence-corrected chi connectivity index (χ2v) is 8.20. The fourth-order valence-electron chi connectivity index (χ4n) is 2.18. The average Bonchev–Trinajstić information content (AvgIpc) is 2.53. The monoisotopic (exact) mass is 387 g/mol. The molecule has 0 fully saturated rings. The summed E-state index contributed by atoms with van der Waals surface area (Å²) in [5.74, 6) is 0.504. The summed E-state index contributed by atoms with van der Waals surface area (Å²) in [4.78, 5) is 0.112. The van der Waals surface area contributed by atoms with Crippen LogP contribution in [0.4, 0.5) is 0 Å². The Morgan fingerprint density at radius 2 is 1.83 bits per heavy atom. The molecule has 2 aromatic rings. The summed E-state index contributed by atoms with van der Waals surface area (Å²) in [7, 11) is -2.31. The number of nitrogens with one attached hydrogen (secondary N) is 1. The first-order valence-corrected chi connectivity index (χ1v) is 9.60. The van der Waals surface area contributed by atoms with Crippen LogP contribution in [0, 0.1) is 0 Å². The molecule has 0 bridgehead atoms. The molecule has 0 heterocycles.